The summed E-state index contributed by atoms with van der Waals surface area (Å²) in [5.41, 5.74) is 0.287. The van der Waals surface area contributed by atoms with Crippen LogP contribution >= 0.6 is 15.9 Å². The van der Waals surface area contributed by atoms with Crippen molar-refractivity contribution in [2.75, 3.05) is 6.61 Å². The van der Waals surface area contributed by atoms with Crippen molar-refractivity contribution in [3.8, 4) is 11.5 Å². The molecule has 0 aliphatic rings. The Bertz CT molecular complexity index is 1550. The van der Waals surface area contributed by atoms with E-state index in [1.807, 2.05) is 0 Å². The molecular weight excluding hydrogens is 535 g/mol. The van der Waals surface area contributed by atoms with E-state index in [-0.39, 0.29) is 41.5 Å². The second-order valence-electron chi connectivity index (χ2n) is 7.62. The SMILES string of the molecule is CCOc1cc(C=Nn2c(C)nc3ccc(Br)cc3c2=O)cc([N+](=O)[O-])c1OCc1ccccc1F. The van der Waals surface area contributed by atoms with Crippen LogP contribution in [0.1, 0.15) is 23.9 Å². The topological polar surface area (TPSA) is 109 Å². The van der Waals surface area contributed by atoms with Gasteiger partial charge in [-0.15, -0.1) is 0 Å². The number of halogens is 2. The molecule has 11 heteroatoms. The minimum Gasteiger partial charge on any atom is -0.490 e. The quantitative estimate of drug-likeness (QED) is 0.164. The van der Waals surface area contributed by atoms with E-state index in [1.54, 1.807) is 38.1 Å². The molecule has 0 saturated heterocycles. The lowest BCUT2D eigenvalue weighted by Gasteiger charge is -2.13. The van der Waals surface area contributed by atoms with Crippen LogP contribution in [0.15, 0.2) is 69.0 Å². The van der Waals surface area contributed by atoms with E-state index in [0.717, 1.165) is 9.15 Å². The average Bonchev–Trinajstić information content (AvgIpc) is 2.84. The van der Waals surface area contributed by atoms with E-state index >= 15 is 0 Å². The van der Waals surface area contributed by atoms with Gasteiger partial charge in [-0.2, -0.15) is 9.78 Å². The van der Waals surface area contributed by atoms with Crippen molar-refractivity contribution in [3.05, 3.63) is 102 Å². The van der Waals surface area contributed by atoms with Crippen LogP contribution in [0.2, 0.25) is 0 Å². The first-order chi connectivity index (χ1) is 17.3. The summed E-state index contributed by atoms with van der Waals surface area (Å²) in [7, 11) is 0. The Morgan fingerprint density at radius 2 is 1.97 bits per heavy atom. The van der Waals surface area contributed by atoms with Crippen LogP contribution < -0.4 is 15.0 Å². The van der Waals surface area contributed by atoms with Crippen molar-refractivity contribution in [3.63, 3.8) is 0 Å². The van der Waals surface area contributed by atoms with Crippen LogP contribution in [0, 0.1) is 22.9 Å². The van der Waals surface area contributed by atoms with E-state index in [0.29, 0.717) is 22.3 Å². The highest BCUT2D eigenvalue weighted by atomic mass is 79.9. The average molecular weight is 555 g/mol. The molecule has 0 unspecified atom stereocenters. The fourth-order valence-electron chi connectivity index (χ4n) is 3.51. The molecule has 0 radical (unpaired) electrons. The van der Waals surface area contributed by atoms with Crippen LogP contribution in [0.25, 0.3) is 10.9 Å². The second-order valence-corrected chi connectivity index (χ2v) is 8.54. The zero-order valence-electron chi connectivity index (χ0n) is 19.3. The summed E-state index contributed by atoms with van der Waals surface area (Å²) in [6.45, 7) is 3.33. The lowest BCUT2D eigenvalue weighted by Crippen LogP contribution is -2.20. The van der Waals surface area contributed by atoms with Crippen LogP contribution in [0.5, 0.6) is 11.5 Å². The Balaban J connectivity index is 1.74. The highest BCUT2D eigenvalue weighted by Gasteiger charge is 2.23. The maximum atomic E-state index is 14.0. The molecule has 0 bridgehead atoms. The predicted octanol–water partition coefficient (Wildman–Crippen LogP) is 5.37. The maximum absolute atomic E-state index is 14.0. The van der Waals surface area contributed by atoms with Gasteiger partial charge in [-0.3, -0.25) is 14.9 Å². The molecule has 0 amide bonds. The van der Waals surface area contributed by atoms with Crippen molar-refractivity contribution < 1.29 is 18.8 Å². The fraction of sp³-hybridized carbons (Fsp3) is 0.160. The van der Waals surface area contributed by atoms with Crippen molar-refractivity contribution in [1.82, 2.24) is 9.66 Å². The van der Waals surface area contributed by atoms with Crippen molar-refractivity contribution in [2.24, 2.45) is 5.10 Å². The fourth-order valence-corrected chi connectivity index (χ4v) is 3.87. The third-order valence-corrected chi connectivity index (χ3v) is 5.67. The normalized spacial score (nSPS) is 11.2. The molecule has 0 aliphatic heterocycles. The van der Waals surface area contributed by atoms with E-state index in [9.17, 15) is 19.3 Å². The number of rotatable bonds is 8. The van der Waals surface area contributed by atoms with E-state index < -0.39 is 10.7 Å². The summed E-state index contributed by atoms with van der Waals surface area (Å²) in [5, 5.41) is 16.4. The third kappa shape index (κ3) is 5.25. The smallest absolute Gasteiger partial charge is 0.315 e. The minimum absolute atomic E-state index is 0.0918. The lowest BCUT2D eigenvalue weighted by molar-refractivity contribution is -0.386. The number of hydrogen-bond donors (Lipinski definition) is 0. The van der Waals surface area contributed by atoms with Gasteiger partial charge in [0.15, 0.2) is 5.75 Å². The number of fused-ring (bicyclic) bond motifs is 1. The van der Waals surface area contributed by atoms with E-state index in [4.69, 9.17) is 9.47 Å². The van der Waals surface area contributed by atoms with Gasteiger partial charge in [0.05, 0.1) is 28.6 Å². The molecule has 4 aromatic rings. The minimum atomic E-state index is -0.622. The van der Waals surface area contributed by atoms with Gasteiger partial charge in [0.2, 0.25) is 5.75 Å². The number of nitro groups is 1. The molecule has 184 valence electrons. The van der Waals surface area contributed by atoms with Crippen LogP contribution in [0.3, 0.4) is 0 Å². The summed E-state index contributed by atoms with van der Waals surface area (Å²) in [5.74, 6) is -0.184. The Morgan fingerprint density at radius 3 is 2.69 bits per heavy atom. The van der Waals surface area contributed by atoms with Gasteiger partial charge in [-0.1, -0.05) is 34.1 Å². The summed E-state index contributed by atoms with van der Waals surface area (Å²) < 4.78 is 27.1. The van der Waals surface area contributed by atoms with E-state index in [1.165, 1.54) is 36.5 Å². The Morgan fingerprint density at radius 1 is 1.19 bits per heavy atom. The number of aromatic nitrogens is 2. The van der Waals surface area contributed by atoms with Crippen molar-refractivity contribution >= 4 is 38.7 Å². The molecule has 0 atom stereocenters. The van der Waals surface area contributed by atoms with Gasteiger partial charge in [0.1, 0.15) is 18.2 Å². The molecule has 0 saturated carbocycles. The first-order valence-corrected chi connectivity index (χ1v) is 11.6. The van der Waals surface area contributed by atoms with Crippen LogP contribution in [-0.4, -0.2) is 27.4 Å². The molecule has 3 aromatic carbocycles. The molecule has 36 heavy (non-hydrogen) atoms. The third-order valence-electron chi connectivity index (χ3n) is 5.18. The number of benzene rings is 3. The maximum Gasteiger partial charge on any atom is 0.315 e. The number of nitrogens with zero attached hydrogens (tertiary/aromatic N) is 4. The number of hydrogen-bond acceptors (Lipinski definition) is 7. The van der Waals surface area contributed by atoms with Gasteiger partial charge in [-0.05, 0) is 44.2 Å². The Hall–Kier alpha value is -4.12. The van der Waals surface area contributed by atoms with Gasteiger partial charge < -0.3 is 9.47 Å². The van der Waals surface area contributed by atoms with Crippen LogP contribution in [0.4, 0.5) is 10.1 Å². The zero-order valence-corrected chi connectivity index (χ0v) is 20.9. The number of aryl methyl sites for hydroxylation is 1. The largest absolute Gasteiger partial charge is 0.490 e. The van der Waals surface area contributed by atoms with E-state index in [2.05, 4.69) is 26.0 Å². The number of ether oxygens (including phenoxy) is 2. The molecule has 0 aliphatic carbocycles. The highest BCUT2D eigenvalue weighted by Crippen LogP contribution is 2.39. The first-order valence-electron chi connectivity index (χ1n) is 10.8. The molecule has 4 rings (SSSR count). The molecule has 9 nitrogen and oxygen atoms in total. The van der Waals surface area contributed by atoms with Crippen molar-refractivity contribution in [2.45, 2.75) is 20.5 Å². The summed E-state index contributed by atoms with van der Waals surface area (Å²) in [6.07, 6.45) is 1.30. The first kappa shape index (κ1) is 25.0. The summed E-state index contributed by atoms with van der Waals surface area (Å²) in [6, 6.07) is 13.9. The highest BCUT2D eigenvalue weighted by molar-refractivity contribution is 9.10. The van der Waals surface area contributed by atoms with Crippen molar-refractivity contribution in [1.29, 1.82) is 0 Å². The summed E-state index contributed by atoms with van der Waals surface area (Å²) >= 11 is 3.34. The molecular formula is C25H20BrFN4O5. The Labute approximate surface area is 213 Å². The molecule has 0 spiro atoms. The number of nitro benzene ring substituents is 1. The van der Waals surface area contributed by atoms with Gasteiger partial charge in [-0.25, -0.2) is 9.37 Å². The zero-order chi connectivity index (χ0) is 25.8. The monoisotopic (exact) mass is 554 g/mol. The summed E-state index contributed by atoms with van der Waals surface area (Å²) in [4.78, 5) is 28.6. The molecule has 0 N–H and O–H groups in total. The van der Waals surface area contributed by atoms with Gasteiger partial charge >= 0.3 is 5.69 Å². The molecule has 1 heterocycles. The predicted molar refractivity (Wildman–Crippen MR) is 136 cm³/mol. The van der Waals surface area contributed by atoms with Gasteiger partial charge in [0, 0.05) is 21.7 Å². The molecule has 0 fully saturated rings. The second kappa shape index (κ2) is 10.6. The Kier molecular flexibility index (Phi) is 7.39. The van der Waals surface area contributed by atoms with Gasteiger partial charge in [0.25, 0.3) is 5.56 Å². The van der Waals surface area contributed by atoms with Crippen LogP contribution in [-0.2, 0) is 6.61 Å². The molecule has 1 aromatic heterocycles. The standard InChI is InChI=1S/C25H20BrFN4O5/c1-3-35-23-11-16(10-22(31(33)34)24(23)36-14-17-6-4-5-7-20(17)27)13-28-30-15(2)29-21-9-8-18(26)12-19(21)25(30)32/h4-13H,3,14H2,1-2H3. The lowest BCUT2D eigenvalue weighted by atomic mass is 10.1.